The first kappa shape index (κ1) is 71.3. The number of aromatic nitrogens is 2. The van der Waals surface area contributed by atoms with E-state index < -0.39 is 107 Å². The summed E-state index contributed by atoms with van der Waals surface area (Å²) in [5, 5.41) is 61.2. The predicted octanol–water partition coefficient (Wildman–Crippen LogP) is 9.54. The lowest BCUT2D eigenvalue weighted by Crippen LogP contribution is -2.64. The molecule has 1 aromatic carbocycles. The fourth-order valence-electron chi connectivity index (χ4n) is 18.4. The van der Waals surface area contributed by atoms with Gasteiger partial charge >= 0.3 is 5.97 Å². The smallest absolute Gasteiger partial charge is 0.329 e. The lowest BCUT2D eigenvalue weighted by Gasteiger charge is -2.60. The highest BCUT2D eigenvalue weighted by atomic mass is 16.7. The molecule has 5 aliphatic carbocycles. The molecular formula is C74H107N3O15. The minimum absolute atomic E-state index is 0.0237. The van der Waals surface area contributed by atoms with E-state index in [2.05, 4.69) is 70.7 Å². The lowest BCUT2D eigenvalue weighted by molar-refractivity contribution is -0.302. The summed E-state index contributed by atoms with van der Waals surface area (Å²) < 4.78 is 32.1. The second-order valence-corrected chi connectivity index (χ2v) is 29.8. The molecule has 508 valence electrons. The van der Waals surface area contributed by atoms with Crippen molar-refractivity contribution in [2.24, 2.45) is 64.1 Å². The molecule has 8 aliphatic rings. The number of ketones is 3. The lowest BCUT2D eigenvalue weighted by atomic mass is 9.45. The topological polar surface area (TPSA) is 254 Å². The van der Waals surface area contributed by atoms with Gasteiger partial charge in [-0.15, -0.1) is 6.58 Å². The summed E-state index contributed by atoms with van der Waals surface area (Å²) in [6, 6.07) is 7.28. The van der Waals surface area contributed by atoms with Crippen molar-refractivity contribution in [2.45, 2.75) is 232 Å². The number of carbonyl (C=O) groups is 5. The Morgan fingerprint density at radius 3 is 2.29 bits per heavy atom. The Bertz CT molecular complexity index is 3120. The highest BCUT2D eigenvalue weighted by molar-refractivity contribution is 6.39. The molecule has 2 aromatic rings. The zero-order chi connectivity index (χ0) is 66.9. The third-order valence-corrected chi connectivity index (χ3v) is 23.7. The highest BCUT2D eigenvalue weighted by Crippen LogP contribution is 2.68. The van der Waals surface area contributed by atoms with Gasteiger partial charge in [0.2, 0.25) is 5.79 Å². The number of benzene rings is 1. The van der Waals surface area contributed by atoms with E-state index >= 15 is 0 Å². The molecule has 2 saturated heterocycles. The van der Waals surface area contributed by atoms with Crippen molar-refractivity contribution in [3.05, 3.63) is 88.8 Å². The molecule has 92 heavy (non-hydrogen) atoms. The number of aryl methyl sites for hydroxylation is 1. The molecule has 1 aromatic heterocycles. The Balaban J connectivity index is 0.000000242. The average Bonchev–Trinajstić information content (AvgIpc) is 1.48. The number of Topliss-reactive ketones (excluding diaryl/α,β-unsaturated/α-hetero) is 3. The van der Waals surface area contributed by atoms with E-state index in [1.165, 1.54) is 35.8 Å². The predicted molar refractivity (Wildman–Crippen MR) is 349 cm³/mol. The van der Waals surface area contributed by atoms with Gasteiger partial charge in [0.1, 0.15) is 36.2 Å². The molecular weight excluding hydrogens is 1170 g/mol. The van der Waals surface area contributed by atoms with Gasteiger partial charge in [0, 0.05) is 57.5 Å². The number of nitrogens with zero attached hydrogens (tertiary/aromatic N) is 3. The molecule has 4 heterocycles. The Labute approximate surface area is 545 Å². The number of esters is 1. The van der Waals surface area contributed by atoms with E-state index in [9.17, 15) is 49.5 Å². The number of hydrogen-bond donors (Lipinski definition) is 5. The van der Waals surface area contributed by atoms with Gasteiger partial charge in [-0.25, -0.2) is 9.48 Å². The summed E-state index contributed by atoms with van der Waals surface area (Å²) in [6.07, 6.45) is 15.3. The number of carbonyl (C=O) groups excluding carboxylic acids is 5. The van der Waals surface area contributed by atoms with Crippen LogP contribution in [0.2, 0.25) is 0 Å². The summed E-state index contributed by atoms with van der Waals surface area (Å²) >= 11 is 0. The van der Waals surface area contributed by atoms with Crippen molar-refractivity contribution in [3.63, 3.8) is 0 Å². The molecule has 5 N–H and O–H groups in total. The average molecular weight is 1280 g/mol. The zero-order valence-electron chi connectivity index (χ0n) is 56.8. The van der Waals surface area contributed by atoms with Crippen molar-refractivity contribution in [1.82, 2.24) is 14.7 Å². The quantitative estimate of drug-likeness (QED) is 0.0843. The molecule has 18 heteroatoms. The maximum absolute atomic E-state index is 14.3. The van der Waals surface area contributed by atoms with Crippen molar-refractivity contribution in [2.75, 3.05) is 34.5 Å². The fraction of sp³-hybridized carbons (Fsp3) is 0.703. The maximum Gasteiger partial charge on any atom is 0.329 e. The summed E-state index contributed by atoms with van der Waals surface area (Å²) in [5.74, 6) is -6.99. The minimum Gasteiger partial charge on any atom is -0.456 e. The number of amides is 1. The Hall–Kier alpha value is -5.02. The number of aliphatic hydroxyl groups is 5. The number of cyclic esters (lactones) is 1. The van der Waals surface area contributed by atoms with Crippen molar-refractivity contribution in [3.8, 4) is 5.69 Å². The SMILES string of the molecule is C=CC[C@@H]1/C=C(\C)C[C@H](C)C[C@H](OC)[C@H]2O[C@@](O)(C(=O)C(=O)N3CCCC[C@H]3C(=O)O[C@H](/C(C)=C/[C@@H]3CC[C@@H](C)[C@H](OC)C3)[C@H](C)[C@@H](O)CC1=O)[C@H](C)C[C@@H]2OC.Cc1cccc(-n2ncc3c2C=C2CCC4C([C@@H](O)C[C@@]5(C)C4CC[C@]5(O)C(=O)CO)[C@@]2(C)C3)c1. The van der Waals surface area contributed by atoms with Gasteiger partial charge in [0.15, 0.2) is 5.78 Å². The van der Waals surface area contributed by atoms with E-state index in [4.69, 9.17) is 28.8 Å². The number of aliphatic hydroxyl groups excluding tert-OH is 3. The summed E-state index contributed by atoms with van der Waals surface area (Å²) in [4.78, 5) is 70.6. The van der Waals surface area contributed by atoms with Crippen LogP contribution in [-0.4, -0.2) is 164 Å². The van der Waals surface area contributed by atoms with Crippen molar-refractivity contribution < 1.29 is 73.2 Å². The molecule has 4 saturated carbocycles. The van der Waals surface area contributed by atoms with Gasteiger partial charge in [0.25, 0.3) is 11.7 Å². The number of hydrogen-bond acceptors (Lipinski definition) is 16. The number of piperidine rings is 1. The first-order valence-corrected chi connectivity index (χ1v) is 34.2. The zero-order valence-corrected chi connectivity index (χ0v) is 56.8. The molecule has 6 fully saturated rings. The molecule has 3 unspecified atom stereocenters. The largest absolute Gasteiger partial charge is 0.456 e. The van der Waals surface area contributed by atoms with E-state index in [1.54, 1.807) is 27.0 Å². The first-order valence-electron chi connectivity index (χ1n) is 34.2. The van der Waals surface area contributed by atoms with Crippen LogP contribution in [0.3, 0.4) is 0 Å². The molecule has 2 bridgehead atoms. The molecule has 0 spiro atoms. The van der Waals surface area contributed by atoms with Crippen LogP contribution in [0.15, 0.2) is 72.0 Å². The minimum atomic E-state index is -2.49. The normalized spacial score (nSPS) is 40.5. The number of allylic oxidation sites excluding steroid dienone is 5. The van der Waals surface area contributed by atoms with Gasteiger partial charge in [0.05, 0.1) is 48.1 Å². The van der Waals surface area contributed by atoms with Crippen LogP contribution in [0.4, 0.5) is 0 Å². The monoisotopic (exact) mass is 1280 g/mol. The van der Waals surface area contributed by atoms with Crippen LogP contribution in [-0.2, 0) is 54.1 Å². The molecule has 1 amide bonds. The summed E-state index contributed by atoms with van der Waals surface area (Å²) in [6.45, 7) is 21.2. The van der Waals surface area contributed by atoms with Crippen LogP contribution in [0, 0.1) is 71.0 Å². The first-order chi connectivity index (χ1) is 43.6. The van der Waals surface area contributed by atoms with Crippen LogP contribution in [0.5, 0.6) is 0 Å². The van der Waals surface area contributed by atoms with Crippen molar-refractivity contribution >= 4 is 35.3 Å². The Morgan fingerprint density at radius 2 is 1.61 bits per heavy atom. The van der Waals surface area contributed by atoms with E-state index in [0.29, 0.717) is 50.9 Å². The molecule has 21 atom stereocenters. The number of fused-ring (bicyclic) bond motifs is 9. The van der Waals surface area contributed by atoms with E-state index in [0.717, 1.165) is 67.5 Å². The van der Waals surface area contributed by atoms with Gasteiger partial charge in [-0.2, -0.15) is 5.10 Å². The summed E-state index contributed by atoms with van der Waals surface area (Å²) in [7, 11) is 4.79. The molecule has 18 nitrogen and oxygen atoms in total. The standard InChI is InChI=1S/C45H71NO11.C29H36N2O4/c1-11-14-33-20-26(2)19-27(3)21-38(54-9)41-39(55-10)23-30(6)45(52,57-41)42(49)43(50)46-18-13-12-15-34(46)44(51)56-40(31(7)35(47)25-36(33)48)29(5)22-32-17-16-28(4)37(24-32)53-8;1-17-5-4-6-20(11-17)31-23-12-19-7-8-21-22-9-10-29(35,25(34)16-32)28(22,3)14-24(33)26(21)27(19,2)13-18(23)15-30-31/h11,20,22,27-28,30-35,37-41,47,52H,1,12-19,21,23-25H2,2-10H3;4-6,11-12,15,21-22,24,26,32-33,35H,7-10,13-14,16H2,1-3H3/b26-20+,29-22+;/t27-,28+,30+,31+,32-,33+,34-,35-,37+,38-,39-,40+,41+,45+;21?,22?,24-,26?,27-,28-,29-/m00/s1. The third-order valence-electron chi connectivity index (χ3n) is 23.7. The second kappa shape index (κ2) is 29.1. The van der Waals surface area contributed by atoms with Gasteiger partial charge < -0.3 is 54.1 Å². The highest BCUT2D eigenvalue weighted by Gasteiger charge is 2.68. The Kier molecular flexibility index (Phi) is 22.6. The maximum atomic E-state index is 14.3. The number of rotatable bonds is 10. The molecule has 10 rings (SSSR count). The third kappa shape index (κ3) is 13.9. The van der Waals surface area contributed by atoms with Crippen LogP contribution >= 0.6 is 0 Å². The number of methoxy groups -OCH3 is 3. The second-order valence-electron chi connectivity index (χ2n) is 29.8. The van der Waals surface area contributed by atoms with Crippen LogP contribution < -0.4 is 0 Å². The molecule has 3 aliphatic heterocycles. The van der Waals surface area contributed by atoms with Crippen LogP contribution in [0.1, 0.15) is 175 Å². The van der Waals surface area contributed by atoms with Crippen molar-refractivity contribution in [1.29, 1.82) is 0 Å². The van der Waals surface area contributed by atoms with E-state index in [-0.39, 0.29) is 72.7 Å². The summed E-state index contributed by atoms with van der Waals surface area (Å²) in [5.41, 5.74) is 5.25. The van der Waals surface area contributed by atoms with Gasteiger partial charge in [-0.3, -0.25) is 19.2 Å². The van der Waals surface area contributed by atoms with Gasteiger partial charge in [-0.1, -0.05) is 83.0 Å². The number of ether oxygens (including phenoxy) is 5. The van der Waals surface area contributed by atoms with Crippen LogP contribution in [0.25, 0.3) is 11.8 Å². The molecule has 0 radical (unpaired) electrons. The van der Waals surface area contributed by atoms with E-state index in [1.807, 2.05) is 37.7 Å². The van der Waals surface area contributed by atoms with Gasteiger partial charge in [-0.05, 0) is 199 Å². The Morgan fingerprint density at radius 1 is 0.891 bits per heavy atom. The fourth-order valence-corrected chi connectivity index (χ4v) is 18.4.